The van der Waals surface area contributed by atoms with E-state index in [-0.39, 0.29) is 17.1 Å². The summed E-state index contributed by atoms with van der Waals surface area (Å²) in [7, 11) is -4.01. The van der Waals surface area contributed by atoms with Crippen molar-refractivity contribution in [2.75, 3.05) is 0 Å². The quantitative estimate of drug-likeness (QED) is 0.590. The fourth-order valence-electron chi connectivity index (χ4n) is 2.78. The first-order chi connectivity index (χ1) is 13.3. The molecule has 0 saturated heterocycles. The van der Waals surface area contributed by atoms with Crippen molar-refractivity contribution in [1.82, 2.24) is 4.72 Å². The van der Waals surface area contributed by atoms with Crippen LogP contribution in [0.4, 0.5) is 4.39 Å². The van der Waals surface area contributed by atoms with Gasteiger partial charge in [-0.2, -0.15) is 0 Å². The highest BCUT2D eigenvalue weighted by Crippen LogP contribution is 2.23. The number of rotatable bonds is 6. The van der Waals surface area contributed by atoms with Gasteiger partial charge in [0, 0.05) is 4.47 Å². The van der Waals surface area contributed by atoms with Gasteiger partial charge in [0.15, 0.2) is 0 Å². The topological polar surface area (TPSA) is 63.2 Å². The molecule has 0 aliphatic carbocycles. The van der Waals surface area contributed by atoms with Crippen molar-refractivity contribution in [2.24, 2.45) is 0 Å². The third-order valence-corrected chi connectivity index (χ3v) is 6.12. The van der Waals surface area contributed by atoms with E-state index in [0.717, 1.165) is 10.0 Å². The molecule has 0 aliphatic rings. The average molecular weight is 462 g/mol. The van der Waals surface area contributed by atoms with E-state index in [4.69, 9.17) is 0 Å². The highest BCUT2D eigenvalue weighted by molar-refractivity contribution is 9.10. The summed E-state index contributed by atoms with van der Waals surface area (Å²) in [6.07, 6.45) is 0.242. The third-order valence-electron chi connectivity index (χ3n) is 4.23. The Morgan fingerprint density at radius 2 is 1.54 bits per heavy atom. The highest BCUT2D eigenvalue weighted by atomic mass is 79.9. The average Bonchev–Trinajstić information content (AvgIpc) is 2.68. The Hall–Kier alpha value is -2.51. The Morgan fingerprint density at radius 3 is 2.14 bits per heavy atom. The van der Waals surface area contributed by atoms with Crippen LogP contribution in [-0.2, 0) is 21.2 Å². The van der Waals surface area contributed by atoms with Gasteiger partial charge in [-0.05, 0) is 53.9 Å². The SMILES string of the molecule is O=C(NS(=O)(=O)c1ccc(Br)cc1)C(Cc1ccc(F)cc1)c1ccccc1. The molecule has 1 N–H and O–H groups in total. The van der Waals surface area contributed by atoms with Crippen LogP contribution in [0.5, 0.6) is 0 Å². The molecule has 1 unspecified atom stereocenters. The summed E-state index contributed by atoms with van der Waals surface area (Å²) in [5, 5.41) is 0. The Morgan fingerprint density at radius 1 is 0.929 bits per heavy atom. The first kappa shape index (κ1) is 20.2. The summed E-state index contributed by atoms with van der Waals surface area (Å²) in [5.74, 6) is -1.75. The fraction of sp³-hybridized carbons (Fsp3) is 0.0952. The smallest absolute Gasteiger partial charge is 0.264 e. The van der Waals surface area contributed by atoms with Crippen LogP contribution in [-0.4, -0.2) is 14.3 Å². The molecule has 0 bridgehead atoms. The molecule has 3 rings (SSSR count). The predicted molar refractivity (Wildman–Crippen MR) is 109 cm³/mol. The van der Waals surface area contributed by atoms with Gasteiger partial charge in [-0.3, -0.25) is 4.79 Å². The van der Waals surface area contributed by atoms with Gasteiger partial charge in [0.2, 0.25) is 5.91 Å². The minimum absolute atomic E-state index is 0.00218. The van der Waals surface area contributed by atoms with Crippen LogP contribution >= 0.6 is 15.9 Å². The molecule has 1 atom stereocenters. The lowest BCUT2D eigenvalue weighted by Gasteiger charge is -2.18. The largest absolute Gasteiger partial charge is 0.273 e. The third kappa shape index (κ3) is 5.05. The number of carbonyl (C=O) groups is 1. The van der Waals surface area contributed by atoms with Crippen LogP contribution in [0.2, 0.25) is 0 Å². The second-order valence-corrected chi connectivity index (χ2v) is 8.82. The van der Waals surface area contributed by atoms with Crippen LogP contribution < -0.4 is 4.72 Å². The minimum atomic E-state index is -4.01. The molecule has 0 saturated carbocycles. The Kier molecular flexibility index (Phi) is 6.26. The van der Waals surface area contributed by atoms with Crippen molar-refractivity contribution in [3.8, 4) is 0 Å². The van der Waals surface area contributed by atoms with Gasteiger partial charge < -0.3 is 0 Å². The standard InChI is InChI=1S/C21H17BrFNO3S/c22-17-8-12-19(13-9-17)28(26,27)24-21(25)20(16-4-2-1-3-5-16)14-15-6-10-18(23)11-7-15/h1-13,20H,14H2,(H,24,25). The van der Waals surface area contributed by atoms with Crippen molar-refractivity contribution < 1.29 is 17.6 Å². The van der Waals surface area contributed by atoms with Gasteiger partial charge in [0.25, 0.3) is 10.0 Å². The van der Waals surface area contributed by atoms with E-state index >= 15 is 0 Å². The van der Waals surface area contributed by atoms with Crippen molar-refractivity contribution in [3.05, 3.63) is 100 Å². The lowest BCUT2D eigenvalue weighted by molar-refractivity contribution is -0.120. The van der Waals surface area contributed by atoms with Crippen LogP contribution in [0.15, 0.2) is 88.2 Å². The van der Waals surface area contributed by atoms with Gasteiger partial charge in [-0.1, -0.05) is 58.4 Å². The number of hydrogen-bond acceptors (Lipinski definition) is 3. The Labute approximate surface area is 171 Å². The molecular formula is C21H17BrFNO3S. The summed E-state index contributed by atoms with van der Waals surface area (Å²) in [4.78, 5) is 12.9. The van der Waals surface area contributed by atoms with Gasteiger partial charge in [-0.25, -0.2) is 17.5 Å². The molecule has 4 nitrogen and oxygen atoms in total. The monoisotopic (exact) mass is 461 g/mol. The second kappa shape index (κ2) is 8.67. The zero-order valence-corrected chi connectivity index (χ0v) is 17.1. The molecule has 7 heteroatoms. The number of halogens is 2. The highest BCUT2D eigenvalue weighted by Gasteiger charge is 2.26. The molecule has 0 spiro atoms. The van der Waals surface area contributed by atoms with Crippen molar-refractivity contribution in [2.45, 2.75) is 17.2 Å². The molecule has 3 aromatic carbocycles. The molecule has 1 amide bonds. The Bertz CT molecular complexity index is 1050. The number of carbonyl (C=O) groups excluding carboxylic acids is 1. The zero-order chi connectivity index (χ0) is 20.1. The fourth-order valence-corrected chi connectivity index (χ4v) is 4.06. The molecule has 0 aliphatic heterocycles. The van der Waals surface area contributed by atoms with Gasteiger partial charge >= 0.3 is 0 Å². The number of nitrogens with one attached hydrogen (secondary N) is 1. The van der Waals surface area contributed by atoms with E-state index in [1.165, 1.54) is 24.3 Å². The Balaban J connectivity index is 1.88. The molecule has 0 aromatic heterocycles. The van der Waals surface area contributed by atoms with Crippen LogP contribution in [0.3, 0.4) is 0 Å². The van der Waals surface area contributed by atoms with Crippen molar-refractivity contribution in [3.63, 3.8) is 0 Å². The van der Waals surface area contributed by atoms with E-state index in [1.54, 1.807) is 48.5 Å². The molecule has 144 valence electrons. The zero-order valence-electron chi connectivity index (χ0n) is 14.7. The van der Waals surface area contributed by atoms with E-state index in [9.17, 15) is 17.6 Å². The maximum atomic E-state index is 13.2. The van der Waals surface area contributed by atoms with Crippen LogP contribution in [0.1, 0.15) is 17.0 Å². The number of hydrogen-bond donors (Lipinski definition) is 1. The number of amides is 1. The van der Waals surface area contributed by atoms with Gasteiger partial charge in [0.1, 0.15) is 5.82 Å². The minimum Gasteiger partial charge on any atom is -0.273 e. The van der Waals surface area contributed by atoms with Gasteiger partial charge in [-0.15, -0.1) is 0 Å². The molecule has 0 fully saturated rings. The molecule has 0 heterocycles. The lowest BCUT2D eigenvalue weighted by atomic mass is 9.91. The van der Waals surface area contributed by atoms with E-state index < -0.39 is 21.8 Å². The first-order valence-electron chi connectivity index (χ1n) is 8.47. The van der Waals surface area contributed by atoms with Crippen molar-refractivity contribution >= 4 is 31.9 Å². The molecule has 28 heavy (non-hydrogen) atoms. The van der Waals surface area contributed by atoms with Gasteiger partial charge in [0.05, 0.1) is 10.8 Å². The molecule has 0 radical (unpaired) electrons. The van der Waals surface area contributed by atoms with E-state index in [1.807, 2.05) is 6.07 Å². The number of sulfonamides is 1. The lowest BCUT2D eigenvalue weighted by Crippen LogP contribution is -2.35. The molecular weight excluding hydrogens is 445 g/mol. The summed E-state index contributed by atoms with van der Waals surface area (Å²) in [5.41, 5.74) is 1.40. The van der Waals surface area contributed by atoms with Crippen molar-refractivity contribution in [1.29, 1.82) is 0 Å². The maximum absolute atomic E-state index is 13.2. The first-order valence-corrected chi connectivity index (χ1v) is 10.7. The van der Waals surface area contributed by atoms with E-state index in [2.05, 4.69) is 20.7 Å². The van der Waals surface area contributed by atoms with E-state index in [0.29, 0.717) is 5.56 Å². The normalized spacial score (nSPS) is 12.4. The summed E-state index contributed by atoms with van der Waals surface area (Å²) in [6.45, 7) is 0. The summed E-state index contributed by atoms with van der Waals surface area (Å²) >= 11 is 3.25. The number of benzene rings is 3. The molecule has 3 aromatic rings. The summed E-state index contributed by atoms with van der Waals surface area (Å²) in [6, 6.07) is 20.7. The van der Waals surface area contributed by atoms with Crippen LogP contribution in [0, 0.1) is 5.82 Å². The summed E-state index contributed by atoms with van der Waals surface area (Å²) < 4.78 is 41.3. The predicted octanol–water partition coefficient (Wildman–Crippen LogP) is 4.42. The second-order valence-electron chi connectivity index (χ2n) is 6.22. The maximum Gasteiger partial charge on any atom is 0.264 e. The van der Waals surface area contributed by atoms with Crippen LogP contribution in [0.25, 0.3) is 0 Å².